The highest BCUT2D eigenvalue weighted by Crippen LogP contribution is 2.45. The van der Waals surface area contributed by atoms with Crippen LogP contribution in [0.25, 0.3) is 110 Å². The van der Waals surface area contributed by atoms with Crippen LogP contribution in [0.1, 0.15) is 0 Å². The maximum atomic E-state index is 6.79. The lowest BCUT2D eigenvalue weighted by Crippen LogP contribution is -2.00. The van der Waals surface area contributed by atoms with Crippen LogP contribution < -0.4 is 0 Å². The van der Waals surface area contributed by atoms with Gasteiger partial charge < -0.3 is 8.98 Å². The van der Waals surface area contributed by atoms with Crippen molar-refractivity contribution in [2.45, 2.75) is 0 Å². The monoisotopic (exact) mass is 675 g/mol. The Bertz CT molecular complexity index is 3440. The molecule has 0 fully saturated rings. The van der Waals surface area contributed by atoms with E-state index in [9.17, 15) is 0 Å². The van der Waals surface area contributed by atoms with Gasteiger partial charge in [-0.2, -0.15) is 0 Å². The van der Waals surface area contributed by atoms with E-state index in [-0.39, 0.29) is 0 Å². The van der Waals surface area contributed by atoms with Gasteiger partial charge in [-0.05, 0) is 82.6 Å². The number of hydrogen-bond acceptors (Lipinski definition) is 2. The first-order valence-corrected chi connectivity index (χ1v) is 18.1. The highest BCUT2D eigenvalue weighted by molar-refractivity contribution is 6.29. The molecule has 0 radical (unpaired) electrons. The van der Waals surface area contributed by atoms with Gasteiger partial charge in [-0.15, -0.1) is 0 Å². The van der Waals surface area contributed by atoms with Crippen LogP contribution in [-0.2, 0) is 0 Å². The molecule has 0 spiro atoms. The topological polar surface area (TPSA) is 35.9 Å². The molecule has 246 valence electrons. The van der Waals surface area contributed by atoms with Crippen LogP contribution in [-0.4, -0.2) is 14.1 Å². The first kappa shape index (κ1) is 28.5. The molecule has 0 bridgehead atoms. The van der Waals surface area contributed by atoms with Crippen molar-refractivity contribution in [2.75, 3.05) is 0 Å². The predicted molar refractivity (Wildman–Crippen MR) is 221 cm³/mol. The number of nitrogens with zero attached hydrogens (tertiary/aromatic N) is 3. The molecular formula is C49H29N3O. The van der Waals surface area contributed by atoms with Gasteiger partial charge in [0.1, 0.15) is 17.0 Å². The summed E-state index contributed by atoms with van der Waals surface area (Å²) < 4.78 is 11.6. The van der Waals surface area contributed by atoms with Crippen molar-refractivity contribution < 1.29 is 4.42 Å². The Labute approximate surface area is 303 Å². The minimum atomic E-state index is 0.866. The number of fused-ring (bicyclic) bond motifs is 13. The largest absolute Gasteiger partial charge is 0.455 e. The molecule has 0 amide bonds. The van der Waals surface area contributed by atoms with Crippen molar-refractivity contribution in [2.24, 2.45) is 0 Å². The van der Waals surface area contributed by atoms with E-state index >= 15 is 0 Å². The Morgan fingerprint density at radius 3 is 1.94 bits per heavy atom. The second-order valence-corrected chi connectivity index (χ2v) is 13.9. The van der Waals surface area contributed by atoms with Crippen molar-refractivity contribution in [3.8, 4) is 22.6 Å². The van der Waals surface area contributed by atoms with E-state index in [0.717, 1.165) is 82.8 Å². The van der Waals surface area contributed by atoms with Crippen LogP contribution in [0.5, 0.6) is 0 Å². The molecule has 12 aromatic rings. The normalized spacial score (nSPS) is 12.2. The van der Waals surface area contributed by atoms with Gasteiger partial charge in [0, 0.05) is 38.0 Å². The number of benzene rings is 8. The first-order valence-electron chi connectivity index (χ1n) is 18.1. The van der Waals surface area contributed by atoms with Gasteiger partial charge in [0.15, 0.2) is 0 Å². The van der Waals surface area contributed by atoms with Gasteiger partial charge in [-0.25, -0.2) is 4.98 Å². The Morgan fingerprint density at radius 2 is 1.08 bits per heavy atom. The highest BCUT2D eigenvalue weighted by atomic mass is 16.3. The van der Waals surface area contributed by atoms with E-state index < -0.39 is 0 Å². The van der Waals surface area contributed by atoms with Gasteiger partial charge in [0.25, 0.3) is 0 Å². The zero-order chi connectivity index (χ0) is 34.6. The second kappa shape index (κ2) is 10.7. The van der Waals surface area contributed by atoms with Crippen LogP contribution in [0, 0.1) is 0 Å². The molecule has 12 rings (SSSR count). The number of rotatable bonds is 3. The summed E-state index contributed by atoms with van der Waals surface area (Å²) in [7, 11) is 0. The van der Waals surface area contributed by atoms with Crippen molar-refractivity contribution >= 4 is 87.2 Å². The molecule has 4 heterocycles. The average molecular weight is 676 g/mol. The van der Waals surface area contributed by atoms with Crippen LogP contribution in [0.15, 0.2) is 180 Å². The number of pyridine rings is 1. The molecule has 4 heteroatoms. The second-order valence-electron chi connectivity index (χ2n) is 13.9. The lowest BCUT2D eigenvalue weighted by atomic mass is 10.0. The van der Waals surface area contributed by atoms with Crippen molar-refractivity contribution in [3.05, 3.63) is 176 Å². The van der Waals surface area contributed by atoms with Gasteiger partial charge in [0.2, 0.25) is 0 Å². The van der Waals surface area contributed by atoms with E-state index in [1.807, 2.05) is 6.07 Å². The molecule has 0 atom stereocenters. The Balaban J connectivity index is 1.31. The summed E-state index contributed by atoms with van der Waals surface area (Å²) in [5.74, 6) is 0.866. The van der Waals surface area contributed by atoms with Crippen LogP contribution in [0.2, 0.25) is 0 Å². The molecule has 0 aliphatic heterocycles. The molecule has 8 aromatic carbocycles. The Kier molecular flexibility index (Phi) is 5.74. The van der Waals surface area contributed by atoms with Crippen molar-refractivity contribution in [1.29, 1.82) is 0 Å². The molecule has 4 aromatic heterocycles. The fourth-order valence-corrected chi connectivity index (χ4v) is 8.80. The maximum absolute atomic E-state index is 6.79. The minimum absolute atomic E-state index is 0.866. The van der Waals surface area contributed by atoms with Gasteiger partial charge in [-0.3, -0.25) is 4.57 Å². The van der Waals surface area contributed by atoms with Crippen LogP contribution >= 0.6 is 0 Å². The zero-order valence-electron chi connectivity index (χ0n) is 28.5. The third kappa shape index (κ3) is 3.98. The summed E-state index contributed by atoms with van der Waals surface area (Å²) in [6.07, 6.45) is 0. The molecule has 0 unspecified atom stereocenters. The summed E-state index contributed by atoms with van der Waals surface area (Å²) in [6, 6.07) is 62.9. The molecule has 53 heavy (non-hydrogen) atoms. The quantitative estimate of drug-likeness (QED) is 0.187. The third-order valence-corrected chi connectivity index (χ3v) is 11.1. The summed E-state index contributed by atoms with van der Waals surface area (Å²) in [5, 5.41) is 10.5. The van der Waals surface area contributed by atoms with Crippen molar-refractivity contribution in [1.82, 2.24) is 14.1 Å². The van der Waals surface area contributed by atoms with Crippen molar-refractivity contribution in [3.63, 3.8) is 0 Å². The molecule has 0 N–H and O–H groups in total. The molecule has 0 saturated carbocycles. The lowest BCUT2D eigenvalue weighted by molar-refractivity contribution is 0.673. The lowest BCUT2D eigenvalue weighted by Gasteiger charge is -2.13. The standard InChI is InChI=1S/C49H29N3O/c1-3-13-30(14-4-1)37-28-46(50-40-21-11-9-19-34(37)40)52-42-26-24-36-35-20-10-12-22-45(35)53-49(36)48(42)39-27-38-43(29-44(39)52)51(32-16-5-2-6-17-32)41-25-23-31-15-7-8-18-33(31)47(38)41/h1-29H. The molecule has 0 aliphatic rings. The highest BCUT2D eigenvalue weighted by Gasteiger charge is 2.24. The molecular weight excluding hydrogens is 647 g/mol. The van der Waals surface area contributed by atoms with E-state index in [4.69, 9.17) is 9.40 Å². The molecule has 0 aliphatic carbocycles. The van der Waals surface area contributed by atoms with Gasteiger partial charge in [-0.1, -0.05) is 115 Å². The molecule has 4 nitrogen and oxygen atoms in total. The number of para-hydroxylation sites is 3. The number of furan rings is 1. The predicted octanol–water partition coefficient (Wildman–Crippen LogP) is 13.1. The Morgan fingerprint density at radius 1 is 0.415 bits per heavy atom. The summed E-state index contributed by atoms with van der Waals surface area (Å²) in [6.45, 7) is 0. The maximum Gasteiger partial charge on any atom is 0.145 e. The van der Waals surface area contributed by atoms with Gasteiger partial charge >= 0.3 is 0 Å². The number of aromatic nitrogens is 3. The molecule has 0 saturated heterocycles. The minimum Gasteiger partial charge on any atom is -0.455 e. The first-order chi connectivity index (χ1) is 26.3. The fraction of sp³-hybridized carbons (Fsp3) is 0. The summed E-state index contributed by atoms with van der Waals surface area (Å²) >= 11 is 0. The fourth-order valence-electron chi connectivity index (χ4n) is 8.80. The summed E-state index contributed by atoms with van der Waals surface area (Å²) in [4.78, 5) is 5.40. The Hall–Kier alpha value is -7.17. The number of hydrogen-bond donors (Lipinski definition) is 0. The zero-order valence-corrected chi connectivity index (χ0v) is 28.5. The van der Waals surface area contributed by atoms with Crippen LogP contribution in [0.3, 0.4) is 0 Å². The van der Waals surface area contributed by atoms with E-state index in [0.29, 0.717) is 0 Å². The summed E-state index contributed by atoms with van der Waals surface area (Å²) in [5.41, 5.74) is 10.6. The van der Waals surface area contributed by atoms with Crippen LogP contribution in [0.4, 0.5) is 0 Å². The van der Waals surface area contributed by atoms with E-state index in [1.165, 1.54) is 27.1 Å². The SMILES string of the molecule is c1ccc(-c2cc(-n3c4cc5c(cc4c4c6oc7ccccc7c6ccc43)c3c4ccccc4ccc3n5-c3ccccc3)nc3ccccc23)cc1. The van der Waals surface area contributed by atoms with Gasteiger partial charge in [0.05, 0.1) is 33.0 Å². The smallest absolute Gasteiger partial charge is 0.145 e. The van der Waals surface area contributed by atoms with E-state index in [2.05, 4.69) is 179 Å². The van der Waals surface area contributed by atoms with E-state index in [1.54, 1.807) is 0 Å². The third-order valence-electron chi connectivity index (χ3n) is 11.1. The average Bonchev–Trinajstić information content (AvgIpc) is 3.87.